The maximum absolute atomic E-state index is 2.36. The lowest BCUT2D eigenvalue weighted by molar-refractivity contribution is 0.589. The summed E-state index contributed by atoms with van der Waals surface area (Å²) in [6.07, 6.45) is 10.8. The molecule has 3 aromatic carbocycles. The van der Waals surface area contributed by atoms with Crippen molar-refractivity contribution in [2.24, 2.45) is 0 Å². The molecular formula is C27H33P. The Balaban J connectivity index is 1.76. The lowest BCUT2D eigenvalue weighted by Gasteiger charge is -2.22. The maximum Gasteiger partial charge on any atom is -0.0119 e. The average Bonchev–Trinajstić information content (AvgIpc) is 2.76. The zero-order chi connectivity index (χ0) is 19.4. The number of aryl methyl sites for hydroxylation is 1. The molecule has 0 spiro atoms. The van der Waals surface area contributed by atoms with Gasteiger partial charge in [0, 0.05) is 0 Å². The van der Waals surface area contributed by atoms with E-state index in [9.17, 15) is 0 Å². The van der Waals surface area contributed by atoms with Crippen molar-refractivity contribution in [3.05, 3.63) is 90.5 Å². The van der Waals surface area contributed by atoms with E-state index in [4.69, 9.17) is 0 Å². The minimum Gasteiger partial charge on any atom is -0.0654 e. The Labute approximate surface area is 172 Å². The van der Waals surface area contributed by atoms with Crippen LogP contribution >= 0.6 is 7.92 Å². The average molecular weight is 389 g/mol. The van der Waals surface area contributed by atoms with Crippen molar-refractivity contribution in [2.75, 3.05) is 0 Å². The van der Waals surface area contributed by atoms with E-state index in [1.165, 1.54) is 72.8 Å². The molecule has 0 aliphatic heterocycles. The van der Waals surface area contributed by atoms with Crippen LogP contribution in [0.3, 0.4) is 0 Å². The predicted molar refractivity (Wildman–Crippen MR) is 127 cm³/mol. The molecule has 3 rings (SSSR count). The zero-order valence-electron chi connectivity index (χ0n) is 17.2. The van der Waals surface area contributed by atoms with Gasteiger partial charge in [-0.15, -0.1) is 0 Å². The van der Waals surface area contributed by atoms with Gasteiger partial charge in [-0.25, -0.2) is 0 Å². The van der Waals surface area contributed by atoms with Gasteiger partial charge < -0.3 is 0 Å². The van der Waals surface area contributed by atoms with Gasteiger partial charge in [0.15, 0.2) is 0 Å². The third-order valence-electron chi connectivity index (χ3n) is 5.31. The van der Waals surface area contributed by atoms with E-state index in [1.807, 2.05) is 0 Å². The van der Waals surface area contributed by atoms with Gasteiger partial charge in [-0.05, 0) is 42.2 Å². The highest BCUT2D eigenvalue weighted by Crippen LogP contribution is 2.34. The highest BCUT2D eigenvalue weighted by molar-refractivity contribution is 7.79. The van der Waals surface area contributed by atoms with Crippen LogP contribution in [0.1, 0.15) is 57.4 Å². The van der Waals surface area contributed by atoms with Crippen molar-refractivity contribution in [1.82, 2.24) is 0 Å². The van der Waals surface area contributed by atoms with E-state index in [-0.39, 0.29) is 0 Å². The number of benzene rings is 3. The van der Waals surface area contributed by atoms with Gasteiger partial charge in [-0.3, -0.25) is 0 Å². The predicted octanol–water partition coefficient (Wildman–Crippen LogP) is 6.74. The van der Waals surface area contributed by atoms with Crippen LogP contribution in [-0.2, 0) is 6.42 Å². The van der Waals surface area contributed by atoms with E-state index in [1.54, 1.807) is 0 Å². The minimum atomic E-state index is -0.499. The van der Waals surface area contributed by atoms with Gasteiger partial charge in [0.1, 0.15) is 0 Å². The topological polar surface area (TPSA) is 0 Å². The van der Waals surface area contributed by atoms with Gasteiger partial charge in [0.25, 0.3) is 0 Å². The molecule has 0 unspecified atom stereocenters. The van der Waals surface area contributed by atoms with Crippen molar-refractivity contribution in [2.45, 2.75) is 58.3 Å². The first-order valence-electron chi connectivity index (χ1n) is 10.9. The Bertz CT molecular complexity index is 755. The third-order valence-corrected chi connectivity index (χ3v) is 7.86. The largest absolute Gasteiger partial charge is 0.0654 e. The summed E-state index contributed by atoms with van der Waals surface area (Å²) in [5.74, 6) is 0. The fourth-order valence-corrected chi connectivity index (χ4v) is 6.30. The molecule has 1 heteroatoms. The van der Waals surface area contributed by atoms with Crippen molar-refractivity contribution in [3.63, 3.8) is 0 Å². The van der Waals surface area contributed by atoms with Gasteiger partial charge >= 0.3 is 0 Å². The minimum absolute atomic E-state index is 0.499. The van der Waals surface area contributed by atoms with Crippen LogP contribution in [0.25, 0.3) is 0 Å². The van der Waals surface area contributed by atoms with Crippen molar-refractivity contribution in [1.29, 1.82) is 0 Å². The Hall–Kier alpha value is -1.91. The Morgan fingerprint density at radius 2 is 1.04 bits per heavy atom. The molecule has 0 N–H and O–H groups in total. The SMILES string of the molecule is CCCCCCCCCc1ccccc1P(c1ccccc1)c1ccccc1. The molecule has 0 radical (unpaired) electrons. The van der Waals surface area contributed by atoms with Crippen LogP contribution in [0.2, 0.25) is 0 Å². The van der Waals surface area contributed by atoms with Crippen LogP contribution < -0.4 is 15.9 Å². The molecule has 0 saturated heterocycles. The third kappa shape index (κ3) is 6.05. The highest BCUT2D eigenvalue weighted by Gasteiger charge is 2.18. The Morgan fingerprint density at radius 1 is 0.536 bits per heavy atom. The molecule has 0 aliphatic rings. The lowest BCUT2D eigenvalue weighted by Crippen LogP contribution is -2.23. The standard InChI is InChI=1S/C27H33P/c1-2-3-4-5-6-7-10-17-24-18-15-16-23-27(24)28(25-19-11-8-12-20-25)26-21-13-9-14-22-26/h8-9,11-16,18-23H,2-7,10,17H2,1H3. The molecule has 0 heterocycles. The summed E-state index contributed by atoms with van der Waals surface area (Å²) in [6.45, 7) is 2.29. The van der Waals surface area contributed by atoms with Gasteiger partial charge in [-0.1, -0.05) is 130 Å². The number of hydrogen-bond acceptors (Lipinski definition) is 0. The number of rotatable bonds is 11. The molecule has 0 saturated carbocycles. The summed E-state index contributed by atoms with van der Waals surface area (Å²) in [5, 5.41) is 4.41. The van der Waals surface area contributed by atoms with Crippen LogP contribution in [0.15, 0.2) is 84.9 Å². The zero-order valence-corrected chi connectivity index (χ0v) is 18.1. The highest BCUT2D eigenvalue weighted by atomic mass is 31.1. The van der Waals surface area contributed by atoms with Crippen LogP contribution in [-0.4, -0.2) is 0 Å². The first kappa shape index (κ1) is 20.8. The molecular weight excluding hydrogens is 355 g/mol. The van der Waals surface area contributed by atoms with Crippen molar-refractivity contribution < 1.29 is 0 Å². The molecule has 28 heavy (non-hydrogen) atoms. The monoisotopic (exact) mass is 388 g/mol. The van der Waals surface area contributed by atoms with Crippen molar-refractivity contribution in [3.8, 4) is 0 Å². The van der Waals surface area contributed by atoms with E-state index >= 15 is 0 Å². The molecule has 0 fully saturated rings. The fourth-order valence-electron chi connectivity index (χ4n) is 3.79. The molecule has 0 aromatic heterocycles. The van der Waals surface area contributed by atoms with Crippen LogP contribution in [0.4, 0.5) is 0 Å². The Morgan fingerprint density at radius 3 is 1.64 bits per heavy atom. The maximum atomic E-state index is 2.36. The summed E-state index contributed by atoms with van der Waals surface area (Å²) in [4.78, 5) is 0. The first-order chi connectivity index (χ1) is 13.9. The van der Waals surface area contributed by atoms with E-state index in [0.29, 0.717) is 0 Å². The fraction of sp³-hybridized carbons (Fsp3) is 0.333. The van der Waals surface area contributed by atoms with Gasteiger partial charge in [0.05, 0.1) is 0 Å². The van der Waals surface area contributed by atoms with Crippen molar-refractivity contribution >= 4 is 23.8 Å². The summed E-state index contributed by atoms with van der Waals surface area (Å²) < 4.78 is 0. The molecule has 0 bridgehead atoms. The molecule has 0 aliphatic carbocycles. The molecule has 146 valence electrons. The summed E-state index contributed by atoms with van der Waals surface area (Å²) >= 11 is 0. The Kier molecular flexibility index (Phi) is 8.79. The van der Waals surface area contributed by atoms with Gasteiger partial charge in [-0.2, -0.15) is 0 Å². The van der Waals surface area contributed by atoms with E-state index in [0.717, 1.165) is 0 Å². The second kappa shape index (κ2) is 11.8. The molecule has 3 aromatic rings. The first-order valence-corrected chi connectivity index (χ1v) is 12.2. The smallest absolute Gasteiger partial charge is 0.0119 e. The summed E-state index contributed by atoms with van der Waals surface area (Å²) in [7, 11) is -0.499. The van der Waals surface area contributed by atoms with Crippen LogP contribution in [0.5, 0.6) is 0 Å². The number of hydrogen-bond donors (Lipinski definition) is 0. The molecule has 0 amide bonds. The molecule has 0 atom stereocenters. The second-order valence-corrected chi connectivity index (χ2v) is 9.69. The van der Waals surface area contributed by atoms with E-state index < -0.39 is 7.92 Å². The number of unbranched alkanes of at least 4 members (excludes halogenated alkanes) is 6. The summed E-state index contributed by atoms with van der Waals surface area (Å²) in [5.41, 5.74) is 1.54. The van der Waals surface area contributed by atoms with Gasteiger partial charge in [0.2, 0.25) is 0 Å². The van der Waals surface area contributed by atoms with Crippen LogP contribution in [0, 0.1) is 0 Å². The normalized spacial score (nSPS) is 11.1. The second-order valence-electron chi connectivity index (χ2n) is 7.51. The summed E-state index contributed by atoms with van der Waals surface area (Å²) in [6, 6.07) is 31.3. The molecule has 0 nitrogen and oxygen atoms in total. The van der Waals surface area contributed by atoms with E-state index in [2.05, 4.69) is 91.9 Å². The lowest BCUT2D eigenvalue weighted by atomic mass is 10.0. The quantitative estimate of drug-likeness (QED) is 0.252.